The number of hydrogen-bond donors (Lipinski definition) is 2. The van der Waals surface area contributed by atoms with Crippen LogP contribution < -0.4 is 10.6 Å². The van der Waals surface area contributed by atoms with E-state index in [1.165, 1.54) is 0 Å². The minimum Gasteiger partial charge on any atom is -0.444 e. The SMILES string of the molecule is Cc1c(C(=O)NC(C)(C)CNC(=O)OC(C)(C)C)cnn1-c1ccccc1. The van der Waals surface area contributed by atoms with Gasteiger partial charge in [-0.05, 0) is 53.7 Å². The first-order valence-corrected chi connectivity index (χ1v) is 8.88. The number of nitrogens with one attached hydrogen (secondary N) is 2. The van der Waals surface area contributed by atoms with Gasteiger partial charge >= 0.3 is 6.09 Å². The first-order valence-electron chi connectivity index (χ1n) is 8.88. The fourth-order valence-electron chi connectivity index (χ4n) is 2.49. The molecule has 0 saturated carbocycles. The molecular weight excluding hydrogens is 344 g/mol. The van der Waals surface area contributed by atoms with E-state index in [0.717, 1.165) is 11.4 Å². The van der Waals surface area contributed by atoms with Crippen molar-refractivity contribution in [2.45, 2.75) is 52.7 Å². The summed E-state index contributed by atoms with van der Waals surface area (Å²) in [6.45, 7) is 11.1. The molecule has 2 rings (SSSR count). The summed E-state index contributed by atoms with van der Waals surface area (Å²) in [5.41, 5.74) is 0.897. The van der Waals surface area contributed by atoms with Gasteiger partial charge in [0.1, 0.15) is 5.60 Å². The highest BCUT2D eigenvalue weighted by molar-refractivity contribution is 5.95. The molecule has 0 radical (unpaired) electrons. The lowest BCUT2D eigenvalue weighted by molar-refractivity contribution is 0.0509. The molecule has 1 heterocycles. The van der Waals surface area contributed by atoms with Crippen molar-refractivity contribution in [1.82, 2.24) is 20.4 Å². The summed E-state index contributed by atoms with van der Waals surface area (Å²) >= 11 is 0. The van der Waals surface area contributed by atoms with Crippen LogP contribution >= 0.6 is 0 Å². The molecule has 2 N–H and O–H groups in total. The second-order valence-electron chi connectivity index (χ2n) is 8.08. The molecule has 7 heteroatoms. The number of benzene rings is 1. The first-order chi connectivity index (χ1) is 12.5. The maximum Gasteiger partial charge on any atom is 0.407 e. The van der Waals surface area contributed by atoms with E-state index < -0.39 is 17.2 Å². The van der Waals surface area contributed by atoms with Crippen molar-refractivity contribution in [3.8, 4) is 5.69 Å². The zero-order chi connectivity index (χ0) is 20.2. The quantitative estimate of drug-likeness (QED) is 0.844. The highest BCUT2D eigenvalue weighted by Crippen LogP contribution is 2.15. The van der Waals surface area contributed by atoms with E-state index in [1.807, 2.05) is 51.1 Å². The van der Waals surface area contributed by atoms with E-state index in [2.05, 4.69) is 15.7 Å². The number of carbonyl (C=O) groups is 2. The number of carbonyl (C=O) groups excluding carboxylic acids is 2. The molecule has 0 unspecified atom stereocenters. The molecule has 0 atom stereocenters. The Kier molecular flexibility index (Phi) is 5.93. The van der Waals surface area contributed by atoms with Crippen molar-refractivity contribution >= 4 is 12.0 Å². The summed E-state index contributed by atoms with van der Waals surface area (Å²) in [6.07, 6.45) is 1.03. The first kappa shape index (κ1) is 20.5. The van der Waals surface area contributed by atoms with Crippen molar-refractivity contribution in [2.75, 3.05) is 6.54 Å². The van der Waals surface area contributed by atoms with Gasteiger partial charge in [-0.25, -0.2) is 9.48 Å². The molecule has 0 aliphatic heterocycles. The Hall–Kier alpha value is -2.83. The maximum absolute atomic E-state index is 12.7. The number of hydrogen-bond acceptors (Lipinski definition) is 4. The van der Waals surface area contributed by atoms with E-state index in [4.69, 9.17) is 4.74 Å². The van der Waals surface area contributed by atoms with Crippen LogP contribution in [0.5, 0.6) is 0 Å². The molecule has 0 aliphatic rings. The van der Waals surface area contributed by atoms with Crippen molar-refractivity contribution in [1.29, 1.82) is 0 Å². The summed E-state index contributed by atoms with van der Waals surface area (Å²) in [5.74, 6) is -0.245. The monoisotopic (exact) mass is 372 g/mol. The molecule has 0 bridgehead atoms. The molecular formula is C20H28N4O3. The smallest absolute Gasteiger partial charge is 0.407 e. The predicted octanol–water partition coefficient (Wildman–Crippen LogP) is 3.21. The van der Waals surface area contributed by atoms with E-state index in [0.29, 0.717) is 5.56 Å². The lowest BCUT2D eigenvalue weighted by Crippen LogP contribution is -2.52. The van der Waals surface area contributed by atoms with Crippen LogP contribution in [0.25, 0.3) is 5.69 Å². The molecule has 2 aromatic rings. The summed E-state index contributed by atoms with van der Waals surface area (Å²) in [7, 11) is 0. The molecule has 0 aliphatic carbocycles. The van der Waals surface area contributed by atoms with Crippen LogP contribution in [0.1, 0.15) is 50.7 Å². The standard InChI is InChI=1S/C20H28N4O3/c1-14-16(12-22-24(14)15-10-8-7-9-11-15)17(25)23-20(5,6)13-21-18(26)27-19(2,3)4/h7-12H,13H2,1-6H3,(H,21,26)(H,23,25). The van der Waals surface area contributed by atoms with Crippen LogP contribution in [0, 0.1) is 6.92 Å². The number of ether oxygens (including phenoxy) is 1. The normalized spacial score (nSPS) is 11.8. The maximum atomic E-state index is 12.7. The van der Waals surface area contributed by atoms with Crippen molar-refractivity contribution in [3.63, 3.8) is 0 Å². The van der Waals surface area contributed by atoms with Gasteiger partial charge in [-0.15, -0.1) is 0 Å². The molecule has 27 heavy (non-hydrogen) atoms. The Labute approximate surface area is 160 Å². The van der Waals surface area contributed by atoms with Crippen LogP contribution in [-0.2, 0) is 4.74 Å². The van der Waals surface area contributed by atoms with Gasteiger partial charge in [0.15, 0.2) is 0 Å². The number of aromatic nitrogens is 2. The topological polar surface area (TPSA) is 85.2 Å². The Morgan fingerprint density at radius 2 is 1.74 bits per heavy atom. The second-order valence-corrected chi connectivity index (χ2v) is 8.08. The average molecular weight is 372 g/mol. The van der Waals surface area contributed by atoms with Gasteiger partial charge in [0, 0.05) is 6.54 Å². The molecule has 0 spiro atoms. The summed E-state index contributed by atoms with van der Waals surface area (Å²) < 4.78 is 6.94. The third-order valence-electron chi connectivity index (χ3n) is 3.78. The van der Waals surface area contributed by atoms with E-state index >= 15 is 0 Å². The van der Waals surface area contributed by atoms with Crippen LogP contribution in [0.3, 0.4) is 0 Å². The number of para-hydroxylation sites is 1. The highest BCUT2D eigenvalue weighted by Gasteiger charge is 2.25. The molecule has 1 aromatic heterocycles. The highest BCUT2D eigenvalue weighted by atomic mass is 16.6. The van der Waals surface area contributed by atoms with Gasteiger partial charge in [0.2, 0.25) is 0 Å². The largest absolute Gasteiger partial charge is 0.444 e. The second kappa shape index (κ2) is 7.82. The van der Waals surface area contributed by atoms with E-state index in [-0.39, 0.29) is 12.5 Å². The minimum atomic E-state index is -0.657. The zero-order valence-corrected chi connectivity index (χ0v) is 16.8. The van der Waals surface area contributed by atoms with Crippen LogP contribution in [0.2, 0.25) is 0 Å². The number of alkyl carbamates (subject to hydrolysis) is 1. The summed E-state index contributed by atoms with van der Waals surface area (Å²) in [6, 6.07) is 9.62. The van der Waals surface area contributed by atoms with Gasteiger partial charge in [-0.2, -0.15) is 5.10 Å². The lowest BCUT2D eigenvalue weighted by atomic mass is 10.0. The Morgan fingerprint density at radius 1 is 1.11 bits per heavy atom. The Bertz CT molecular complexity index is 804. The summed E-state index contributed by atoms with van der Waals surface area (Å²) in [4.78, 5) is 24.5. The van der Waals surface area contributed by atoms with Crippen LogP contribution in [0.15, 0.2) is 36.5 Å². The van der Waals surface area contributed by atoms with E-state index in [1.54, 1.807) is 31.6 Å². The van der Waals surface area contributed by atoms with Crippen LogP contribution in [0.4, 0.5) is 4.79 Å². The molecule has 0 fully saturated rings. The third-order valence-corrected chi connectivity index (χ3v) is 3.78. The zero-order valence-electron chi connectivity index (χ0n) is 16.8. The lowest BCUT2D eigenvalue weighted by Gasteiger charge is -2.27. The average Bonchev–Trinajstić information content (AvgIpc) is 2.94. The van der Waals surface area contributed by atoms with Crippen molar-refractivity contribution in [2.24, 2.45) is 0 Å². The van der Waals surface area contributed by atoms with E-state index in [9.17, 15) is 9.59 Å². The Morgan fingerprint density at radius 3 is 2.33 bits per heavy atom. The van der Waals surface area contributed by atoms with Gasteiger partial charge in [-0.3, -0.25) is 4.79 Å². The van der Waals surface area contributed by atoms with Gasteiger partial charge in [0.25, 0.3) is 5.91 Å². The van der Waals surface area contributed by atoms with Crippen LogP contribution in [-0.4, -0.2) is 39.5 Å². The Balaban J connectivity index is 2.02. The summed E-state index contributed by atoms with van der Waals surface area (Å²) in [5, 5.41) is 9.94. The molecule has 2 amide bonds. The molecule has 1 aromatic carbocycles. The fourth-order valence-corrected chi connectivity index (χ4v) is 2.49. The molecule has 7 nitrogen and oxygen atoms in total. The number of amides is 2. The minimum absolute atomic E-state index is 0.236. The number of rotatable bonds is 5. The van der Waals surface area contributed by atoms with Crippen molar-refractivity contribution in [3.05, 3.63) is 47.8 Å². The molecule has 0 saturated heterocycles. The van der Waals surface area contributed by atoms with Gasteiger partial charge in [0.05, 0.1) is 28.7 Å². The third kappa shape index (κ3) is 5.84. The predicted molar refractivity (Wildman–Crippen MR) is 104 cm³/mol. The van der Waals surface area contributed by atoms with Gasteiger partial charge in [-0.1, -0.05) is 18.2 Å². The van der Waals surface area contributed by atoms with Crippen molar-refractivity contribution < 1.29 is 14.3 Å². The molecule has 146 valence electrons. The number of nitrogens with zero attached hydrogens (tertiary/aromatic N) is 2. The van der Waals surface area contributed by atoms with Gasteiger partial charge < -0.3 is 15.4 Å². The fraction of sp³-hybridized carbons (Fsp3) is 0.450.